The molecule has 3 aliphatic rings. The zero-order chi connectivity index (χ0) is 43.9. The van der Waals surface area contributed by atoms with Crippen molar-refractivity contribution in [3.8, 4) is 16.8 Å². The number of pyridine rings is 1. The number of carbonyl (C=O) groups is 2. The molecule has 3 aromatic carbocycles. The summed E-state index contributed by atoms with van der Waals surface area (Å²) in [5, 5.41) is 21.4. The average Bonchev–Trinajstić information content (AvgIpc) is 3.76. The number of carbonyl (C=O) groups excluding carboxylic acids is 2. The normalized spacial score (nSPS) is 18.3. The standard InChI is InChI=1S/C48H49N11O4/c1-7-38-30(5)36(12-14-51-38)31-8-11-41-32(21-31)23-42(58(41)48(24-29(48)4)45-52-46(61)63-54-45)44(60)55-15-13-40-37(26-55)43(59(53-40)35-19-27(2)18-28(3)20-35)57-17-16-56(47(57)62)34-9-10-39(50-6)33(22-34)25-49/h8-12,14,18-23,25,29,49-50H,7,13,15-17,24,26H2,1-6H3,(H,52,54,61)/t29-,48-/m0/s1. The Bertz CT molecular complexity index is 3060. The Balaban J connectivity index is 1.08. The molecule has 3 amide bonds. The minimum absolute atomic E-state index is 0.0406. The smallest absolute Gasteiger partial charge is 0.388 e. The third-order valence-corrected chi connectivity index (χ3v) is 13.3. The van der Waals surface area contributed by atoms with Gasteiger partial charge in [0.2, 0.25) is 0 Å². The lowest BCUT2D eigenvalue weighted by molar-refractivity contribution is 0.0721. The zero-order valence-electron chi connectivity index (χ0n) is 36.2. The van der Waals surface area contributed by atoms with Crippen LogP contribution in [-0.2, 0) is 24.9 Å². The summed E-state index contributed by atoms with van der Waals surface area (Å²) in [6.07, 6.45) is 5.07. The fourth-order valence-electron chi connectivity index (χ4n) is 10.1. The first-order valence-electron chi connectivity index (χ1n) is 21.5. The fourth-order valence-corrected chi connectivity index (χ4v) is 10.1. The maximum Gasteiger partial charge on any atom is 0.438 e. The Morgan fingerprint density at radius 3 is 2.46 bits per heavy atom. The van der Waals surface area contributed by atoms with Crippen LogP contribution < -0.4 is 20.9 Å². The van der Waals surface area contributed by atoms with E-state index in [1.165, 1.54) is 6.21 Å². The van der Waals surface area contributed by atoms with Gasteiger partial charge in [-0.2, -0.15) is 5.10 Å². The SMILES string of the molecule is CCc1nccc(-c2ccc3c(c2)cc(C(=O)N2CCc4nn(-c5cc(C)cc(C)c5)c(N5CCN(c6ccc(NC)c(C=N)c6)C5=O)c4C2)n3[C@@]2(c3noc(=O)[nH]3)C[C@@H]2C)c1C. The van der Waals surface area contributed by atoms with Crippen LogP contribution in [0.25, 0.3) is 27.7 Å². The molecule has 0 spiro atoms. The number of rotatable bonds is 10. The number of hydrogen-bond acceptors (Lipinski definition) is 9. The van der Waals surface area contributed by atoms with Gasteiger partial charge in [0, 0.05) is 84.6 Å². The monoisotopic (exact) mass is 843 g/mol. The van der Waals surface area contributed by atoms with Gasteiger partial charge >= 0.3 is 11.8 Å². The third kappa shape index (κ3) is 6.35. The summed E-state index contributed by atoms with van der Waals surface area (Å²) in [7, 11) is 1.81. The van der Waals surface area contributed by atoms with Gasteiger partial charge in [-0.05, 0) is 122 Å². The van der Waals surface area contributed by atoms with Crippen molar-refractivity contribution in [2.24, 2.45) is 5.92 Å². The van der Waals surface area contributed by atoms with Crippen LogP contribution in [0.5, 0.6) is 0 Å². The van der Waals surface area contributed by atoms with Crippen LogP contribution in [0.3, 0.4) is 0 Å². The Labute approximate surface area is 363 Å². The molecular weight excluding hydrogens is 795 g/mol. The van der Waals surface area contributed by atoms with Crippen LogP contribution in [0.2, 0.25) is 0 Å². The topological polar surface area (TPSA) is 174 Å². The van der Waals surface area contributed by atoms with Crippen LogP contribution in [0.1, 0.15) is 75.8 Å². The van der Waals surface area contributed by atoms with E-state index in [4.69, 9.17) is 15.0 Å². The Morgan fingerprint density at radius 2 is 1.76 bits per heavy atom. The zero-order valence-corrected chi connectivity index (χ0v) is 36.2. The van der Waals surface area contributed by atoms with Gasteiger partial charge in [-0.25, -0.2) is 14.3 Å². The molecule has 1 saturated heterocycles. The third-order valence-electron chi connectivity index (χ3n) is 13.3. The summed E-state index contributed by atoms with van der Waals surface area (Å²) in [5.74, 6) is 0.234. The van der Waals surface area contributed by atoms with Gasteiger partial charge in [0.25, 0.3) is 5.91 Å². The second kappa shape index (κ2) is 15.0. The first-order chi connectivity index (χ1) is 30.4. The number of H-pyrrole nitrogens is 1. The number of hydrogen-bond donors (Lipinski definition) is 3. The van der Waals surface area contributed by atoms with Crippen LogP contribution in [0.15, 0.2) is 82.2 Å². The number of aryl methyl sites for hydroxylation is 3. The van der Waals surface area contributed by atoms with Gasteiger partial charge in [-0.1, -0.05) is 31.1 Å². The van der Waals surface area contributed by atoms with E-state index in [1.54, 1.807) is 16.8 Å². The highest BCUT2D eigenvalue weighted by Crippen LogP contribution is 2.56. The summed E-state index contributed by atoms with van der Waals surface area (Å²) in [6.45, 7) is 11.8. The summed E-state index contributed by atoms with van der Waals surface area (Å²) in [6, 6.07) is 21.9. The van der Waals surface area contributed by atoms with Gasteiger partial charge in [0.15, 0.2) is 5.82 Å². The quantitative estimate of drug-likeness (QED) is 0.119. The highest BCUT2D eigenvalue weighted by Gasteiger charge is 2.59. The van der Waals surface area contributed by atoms with Crippen molar-refractivity contribution in [2.75, 3.05) is 41.8 Å². The average molecular weight is 844 g/mol. The van der Waals surface area contributed by atoms with Crippen molar-refractivity contribution in [1.29, 1.82) is 5.41 Å². The number of fused-ring (bicyclic) bond motifs is 2. The van der Waals surface area contributed by atoms with Gasteiger partial charge in [0.05, 0.1) is 17.9 Å². The van der Waals surface area contributed by atoms with Gasteiger partial charge in [-0.3, -0.25) is 29.1 Å². The van der Waals surface area contributed by atoms with Crippen LogP contribution >= 0.6 is 0 Å². The molecular formula is C48H49N11O4. The van der Waals surface area contributed by atoms with Gasteiger partial charge in [-0.15, -0.1) is 0 Å². The second-order valence-electron chi connectivity index (χ2n) is 17.1. The molecule has 2 atom stereocenters. The van der Waals surface area contributed by atoms with E-state index in [0.717, 1.165) is 73.5 Å². The van der Waals surface area contributed by atoms with Crippen molar-refractivity contribution in [2.45, 2.75) is 66.0 Å². The molecule has 10 rings (SSSR count). The molecule has 0 radical (unpaired) electrons. The predicted octanol–water partition coefficient (Wildman–Crippen LogP) is 7.52. The highest BCUT2D eigenvalue weighted by molar-refractivity contribution is 6.07. The van der Waals surface area contributed by atoms with Crippen LogP contribution in [-0.4, -0.2) is 79.2 Å². The number of urea groups is 1. The highest BCUT2D eigenvalue weighted by atomic mass is 16.5. The molecule has 6 heterocycles. The van der Waals surface area contributed by atoms with Crippen LogP contribution in [0.4, 0.5) is 22.0 Å². The Hall–Kier alpha value is -7.29. The van der Waals surface area contributed by atoms with E-state index in [-0.39, 0.29) is 24.4 Å². The number of aromatic amines is 1. The molecule has 63 heavy (non-hydrogen) atoms. The Kier molecular flexibility index (Phi) is 9.46. The number of anilines is 3. The second-order valence-corrected chi connectivity index (χ2v) is 17.1. The lowest BCUT2D eigenvalue weighted by atomic mass is 9.98. The molecule has 7 aromatic rings. The molecule has 2 fully saturated rings. The first kappa shape index (κ1) is 39.8. The van der Waals surface area contributed by atoms with Crippen molar-refractivity contribution >= 4 is 46.2 Å². The summed E-state index contributed by atoms with van der Waals surface area (Å²) < 4.78 is 9.00. The summed E-state index contributed by atoms with van der Waals surface area (Å²) in [5.41, 5.74) is 11.5. The number of nitrogens with one attached hydrogen (secondary N) is 3. The van der Waals surface area contributed by atoms with E-state index < -0.39 is 11.3 Å². The van der Waals surface area contributed by atoms with Gasteiger partial charge < -0.3 is 20.2 Å². The van der Waals surface area contributed by atoms with E-state index in [2.05, 4.69) is 82.2 Å². The Morgan fingerprint density at radius 1 is 0.984 bits per heavy atom. The lowest BCUT2D eigenvalue weighted by Gasteiger charge is -2.30. The summed E-state index contributed by atoms with van der Waals surface area (Å²) >= 11 is 0. The van der Waals surface area contributed by atoms with E-state index in [0.29, 0.717) is 61.1 Å². The number of nitrogens with zero attached hydrogens (tertiary/aromatic N) is 8. The van der Waals surface area contributed by atoms with Gasteiger partial charge in [0.1, 0.15) is 17.1 Å². The molecule has 320 valence electrons. The lowest BCUT2D eigenvalue weighted by Crippen LogP contribution is -2.39. The molecule has 2 aliphatic heterocycles. The molecule has 15 heteroatoms. The van der Waals surface area contributed by atoms with E-state index in [1.807, 2.05) is 60.0 Å². The molecule has 1 aliphatic carbocycles. The summed E-state index contributed by atoms with van der Waals surface area (Å²) in [4.78, 5) is 55.2. The minimum Gasteiger partial charge on any atom is -0.388 e. The molecule has 1 saturated carbocycles. The van der Waals surface area contributed by atoms with Crippen molar-refractivity contribution in [3.05, 3.63) is 134 Å². The van der Waals surface area contributed by atoms with Crippen molar-refractivity contribution < 1.29 is 14.1 Å². The van der Waals surface area contributed by atoms with Crippen molar-refractivity contribution in [1.82, 2.24) is 34.4 Å². The first-order valence-corrected chi connectivity index (χ1v) is 21.5. The number of amides is 3. The molecule has 15 nitrogen and oxygen atoms in total. The van der Waals surface area contributed by atoms with E-state index in [9.17, 15) is 9.59 Å². The van der Waals surface area contributed by atoms with E-state index >= 15 is 4.79 Å². The van der Waals surface area contributed by atoms with Crippen LogP contribution in [0, 0.1) is 32.1 Å². The minimum atomic E-state index is -0.809. The molecule has 0 bridgehead atoms. The number of aromatic nitrogens is 6. The van der Waals surface area contributed by atoms with Crippen molar-refractivity contribution in [3.63, 3.8) is 0 Å². The fraction of sp³-hybridized carbons (Fsp3) is 0.312. The maximum absolute atomic E-state index is 15.4. The predicted molar refractivity (Wildman–Crippen MR) is 243 cm³/mol. The molecule has 3 N–H and O–H groups in total. The molecule has 0 unspecified atom stereocenters. The maximum atomic E-state index is 15.4. The largest absolute Gasteiger partial charge is 0.438 e. The molecule has 4 aromatic heterocycles. The number of benzene rings is 3.